The second-order valence-corrected chi connectivity index (χ2v) is 7.12. The van der Waals surface area contributed by atoms with Crippen molar-refractivity contribution in [3.63, 3.8) is 0 Å². The third-order valence-electron chi connectivity index (χ3n) is 5.34. The number of carbonyl (C=O) groups excluding carboxylic acids is 2. The lowest BCUT2D eigenvalue weighted by molar-refractivity contribution is -0.120. The van der Waals surface area contributed by atoms with E-state index in [-0.39, 0.29) is 11.8 Å². The average molecular weight is 364 g/mol. The Hall–Kier alpha value is -2.86. The third-order valence-corrected chi connectivity index (χ3v) is 5.34. The van der Waals surface area contributed by atoms with Crippen LogP contribution in [0, 0.1) is 0 Å². The first-order valence-corrected chi connectivity index (χ1v) is 9.37. The average Bonchev–Trinajstić information content (AvgIpc) is 3.12. The number of benzene rings is 2. The first kappa shape index (κ1) is 17.5. The normalized spacial score (nSPS) is 17.0. The van der Waals surface area contributed by atoms with Gasteiger partial charge in [0.2, 0.25) is 5.91 Å². The van der Waals surface area contributed by atoms with Gasteiger partial charge in [-0.25, -0.2) is 0 Å². The number of nitrogens with zero attached hydrogens (tertiary/aromatic N) is 3. The molecule has 27 heavy (non-hydrogen) atoms. The van der Waals surface area contributed by atoms with E-state index in [2.05, 4.69) is 11.0 Å². The molecule has 2 aromatic carbocycles. The number of nitrogen functional groups attached to an aromatic ring is 1. The Kier molecular flexibility index (Phi) is 4.81. The highest BCUT2D eigenvalue weighted by molar-refractivity contribution is 5.97. The van der Waals surface area contributed by atoms with Crippen molar-refractivity contribution in [1.29, 1.82) is 0 Å². The van der Waals surface area contributed by atoms with Gasteiger partial charge in [-0.1, -0.05) is 24.3 Å². The summed E-state index contributed by atoms with van der Waals surface area (Å²) in [6.45, 7) is 3.81. The molecule has 2 heterocycles. The summed E-state index contributed by atoms with van der Waals surface area (Å²) in [5.74, 6) is 0.136. The van der Waals surface area contributed by atoms with Gasteiger partial charge >= 0.3 is 0 Å². The molecule has 140 valence electrons. The third kappa shape index (κ3) is 3.66. The summed E-state index contributed by atoms with van der Waals surface area (Å²) in [6.07, 6.45) is 0.921. The van der Waals surface area contributed by atoms with Crippen molar-refractivity contribution in [1.82, 2.24) is 9.80 Å². The first-order valence-electron chi connectivity index (χ1n) is 9.37. The van der Waals surface area contributed by atoms with Gasteiger partial charge in [-0.15, -0.1) is 0 Å². The van der Waals surface area contributed by atoms with Crippen LogP contribution in [0.2, 0.25) is 0 Å². The summed E-state index contributed by atoms with van der Waals surface area (Å²) in [7, 11) is 0. The van der Waals surface area contributed by atoms with E-state index in [9.17, 15) is 9.59 Å². The van der Waals surface area contributed by atoms with Crippen molar-refractivity contribution < 1.29 is 9.59 Å². The van der Waals surface area contributed by atoms with Crippen molar-refractivity contribution >= 4 is 23.2 Å². The minimum absolute atomic E-state index is 0.00162. The largest absolute Gasteiger partial charge is 0.399 e. The van der Waals surface area contributed by atoms with E-state index >= 15 is 0 Å². The number of piperazine rings is 1. The summed E-state index contributed by atoms with van der Waals surface area (Å²) >= 11 is 0. The van der Waals surface area contributed by atoms with Gasteiger partial charge in [-0.05, 0) is 36.2 Å². The number of hydrogen-bond donors (Lipinski definition) is 1. The van der Waals surface area contributed by atoms with Crippen LogP contribution in [0.1, 0.15) is 15.9 Å². The second-order valence-electron chi connectivity index (χ2n) is 7.12. The van der Waals surface area contributed by atoms with Crippen molar-refractivity contribution in [2.45, 2.75) is 6.42 Å². The zero-order valence-electron chi connectivity index (χ0n) is 15.3. The van der Waals surface area contributed by atoms with E-state index in [1.54, 1.807) is 24.3 Å². The van der Waals surface area contributed by atoms with E-state index < -0.39 is 0 Å². The predicted octanol–water partition coefficient (Wildman–Crippen LogP) is 1.62. The molecule has 0 saturated carbocycles. The summed E-state index contributed by atoms with van der Waals surface area (Å²) in [4.78, 5) is 31.2. The highest BCUT2D eigenvalue weighted by Gasteiger charge is 2.28. The molecule has 0 aromatic heterocycles. The fourth-order valence-corrected chi connectivity index (χ4v) is 3.84. The van der Waals surface area contributed by atoms with Gasteiger partial charge in [0.1, 0.15) is 0 Å². The lowest BCUT2D eigenvalue weighted by atomic mass is 10.1. The van der Waals surface area contributed by atoms with Crippen LogP contribution < -0.4 is 10.6 Å². The van der Waals surface area contributed by atoms with E-state index in [1.807, 2.05) is 28.0 Å². The lowest BCUT2D eigenvalue weighted by Gasteiger charge is -2.35. The van der Waals surface area contributed by atoms with Crippen molar-refractivity contribution in [3.8, 4) is 0 Å². The molecule has 0 aliphatic carbocycles. The molecular weight excluding hydrogens is 340 g/mol. The zero-order valence-corrected chi connectivity index (χ0v) is 15.3. The highest BCUT2D eigenvalue weighted by Crippen LogP contribution is 2.27. The van der Waals surface area contributed by atoms with Crippen LogP contribution >= 0.6 is 0 Å². The summed E-state index contributed by atoms with van der Waals surface area (Å²) in [6, 6.07) is 15.2. The Balaban J connectivity index is 1.32. The highest BCUT2D eigenvalue weighted by atomic mass is 16.2. The summed E-state index contributed by atoms with van der Waals surface area (Å²) < 4.78 is 0. The fraction of sp³-hybridized carbons (Fsp3) is 0.333. The minimum Gasteiger partial charge on any atom is -0.399 e. The molecule has 1 fully saturated rings. The molecule has 2 N–H and O–H groups in total. The van der Waals surface area contributed by atoms with E-state index in [0.717, 1.165) is 18.7 Å². The van der Waals surface area contributed by atoms with Gasteiger partial charge in [-0.2, -0.15) is 0 Å². The Labute approximate surface area is 159 Å². The maximum absolute atomic E-state index is 12.7. The molecule has 2 amide bonds. The molecule has 0 spiro atoms. The number of amides is 2. The molecule has 0 unspecified atom stereocenters. The van der Waals surface area contributed by atoms with Crippen molar-refractivity contribution in [2.24, 2.45) is 0 Å². The molecular formula is C21H24N4O2. The van der Waals surface area contributed by atoms with Gasteiger partial charge in [0.05, 0.1) is 6.54 Å². The zero-order chi connectivity index (χ0) is 18.8. The summed E-state index contributed by atoms with van der Waals surface area (Å²) in [5.41, 5.74) is 9.27. The number of nitrogens with two attached hydrogens (primary N) is 1. The first-order chi connectivity index (χ1) is 13.1. The number of carbonyl (C=O) groups is 2. The topological polar surface area (TPSA) is 69.9 Å². The monoisotopic (exact) mass is 364 g/mol. The van der Waals surface area contributed by atoms with Crippen molar-refractivity contribution in [2.75, 3.05) is 49.9 Å². The predicted molar refractivity (Wildman–Crippen MR) is 106 cm³/mol. The second kappa shape index (κ2) is 7.40. The molecule has 0 radical (unpaired) electrons. The summed E-state index contributed by atoms with van der Waals surface area (Å²) in [5, 5.41) is 0. The van der Waals surface area contributed by atoms with Crippen LogP contribution in [0.4, 0.5) is 11.4 Å². The Morgan fingerprint density at radius 3 is 2.48 bits per heavy atom. The van der Waals surface area contributed by atoms with Gasteiger partial charge in [0.15, 0.2) is 0 Å². The molecule has 0 bridgehead atoms. The van der Waals surface area contributed by atoms with Gasteiger partial charge in [0, 0.05) is 49.7 Å². The number of fused-ring (bicyclic) bond motifs is 1. The van der Waals surface area contributed by atoms with Crippen LogP contribution in [0.15, 0.2) is 48.5 Å². The lowest BCUT2D eigenvalue weighted by Crippen LogP contribution is -2.51. The van der Waals surface area contributed by atoms with Crippen LogP contribution in [-0.2, 0) is 11.2 Å². The molecule has 6 heteroatoms. The molecule has 2 aliphatic rings. The maximum atomic E-state index is 12.7. The van der Waals surface area contributed by atoms with Crippen LogP contribution in [0.25, 0.3) is 0 Å². The fourth-order valence-electron chi connectivity index (χ4n) is 3.84. The molecule has 4 rings (SSSR count). The molecule has 2 aromatic rings. The van der Waals surface area contributed by atoms with Gasteiger partial charge < -0.3 is 15.5 Å². The standard InChI is InChI=1S/C21H24N4O2/c22-18-6-3-5-17(14-18)21(27)24-12-10-23(11-13-24)15-20(26)25-9-8-16-4-1-2-7-19(16)25/h1-7,14H,8-13,15,22H2. The Bertz CT molecular complexity index is 859. The quantitative estimate of drug-likeness (QED) is 0.840. The number of para-hydroxylation sites is 1. The van der Waals surface area contributed by atoms with E-state index in [4.69, 9.17) is 5.73 Å². The minimum atomic E-state index is 0.00162. The van der Waals surface area contributed by atoms with Crippen LogP contribution in [0.3, 0.4) is 0 Å². The van der Waals surface area contributed by atoms with Crippen LogP contribution in [0.5, 0.6) is 0 Å². The van der Waals surface area contributed by atoms with Crippen molar-refractivity contribution in [3.05, 3.63) is 59.7 Å². The Morgan fingerprint density at radius 1 is 0.926 bits per heavy atom. The SMILES string of the molecule is Nc1cccc(C(=O)N2CCN(CC(=O)N3CCc4ccccc43)CC2)c1. The maximum Gasteiger partial charge on any atom is 0.254 e. The number of anilines is 2. The molecule has 2 aliphatic heterocycles. The Morgan fingerprint density at radius 2 is 1.70 bits per heavy atom. The number of rotatable bonds is 3. The molecule has 1 saturated heterocycles. The number of hydrogen-bond acceptors (Lipinski definition) is 4. The van der Waals surface area contributed by atoms with E-state index in [1.165, 1.54) is 5.56 Å². The smallest absolute Gasteiger partial charge is 0.254 e. The molecule has 0 atom stereocenters. The van der Waals surface area contributed by atoms with E-state index in [0.29, 0.717) is 44.0 Å². The van der Waals surface area contributed by atoms with Crippen LogP contribution in [-0.4, -0.2) is 60.9 Å². The molecule has 6 nitrogen and oxygen atoms in total. The van der Waals surface area contributed by atoms with Gasteiger partial charge in [-0.3, -0.25) is 14.5 Å². The van der Waals surface area contributed by atoms with Gasteiger partial charge in [0.25, 0.3) is 5.91 Å².